The number of aromatic nitrogens is 1. The van der Waals surface area contributed by atoms with Gasteiger partial charge in [0, 0.05) is 41.7 Å². The van der Waals surface area contributed by atoms with E-state index in [4.69, 9.17) is 14.2 Å². The van der Waals surface area contributed by atoms with Gasteiger partial charge in [0.1, 0.15) is 5.82 Å². The fraction of sp³-hybridized carbons (Fsp3) is 0.400. The predicted octanol–water partition coefficient (Wildman–Crippen LogP) is 3.46. The van der Waals surface area contributed by atoms with Gasteiger partial charge in [0.2, 0.25) is 0 Å². The molecule has 0 unspecified atom stereocenters. The van der Waals surface area contributed by atoms with Crippen molar-refractivity contribution in [3.8, 4) is 11.5 Å². The lowest BCUT2D eigenvalue weighted by molar-refractivity contribution is 0.198. The monoisotopic (exact) mass is 354 g/mol. The molecule has 0 saturated carbocycles. The maximum atomic E-state index is 5.50. The van der Waals surface area contributed by atoms with E-state index in [0.29, 0.717) is 11.5 Å². The van der Waals surface area contributed by atoms with Crippen LogP contribution in [0, 0.1) is 0 Å². The number of halogens is 1. The van der Waals surface area contributed by atoms with E-state index in [0.717, 1.165) is 40.6 Å². The van der Waals surface area contributed by atoms with Crippen LogP contribution in [0.1, 0.15) is 6.42 Å². The van der Waals surface area contributed by atoms with Crippen molar-refractivity contribution in [1.82, 2.24) is 4.98 Å². The van der Waals surface area contributed by atoms with Gasteiger partial charge in [-0.3, -0.25) is 0 Å². The van der Waals surface area contributed by atoms with Crippen LogP contribution in [0.2, 0.25) is 0 Å². The molecule has 5 nitrogen and oxygen atoms in total. The number of ether oxygens (including phenoxy) is 3. The number of hydrogen-bond donors (Lipinski definition) is 1. The van der Waals surface area contributed by atoms with Crippen molar-refractivity contribution in [2.24, 2.45) is 0 Å². The van der Waals surface area contributed by atoms with Gasteiger partial charge in [-0.2, -0.15) is 0 Å². The van der Waals surface area contributed by atoms with E-state index in [1.807, 2.05) is 12.1 Å². The smallest absolute Gasteiger partial charge is 0.169 e. The summed E-state index contributed by atoms with van der Waals surface area (Å²) in [5.41, 5.74) is 0. The van der Waals surface area contributed by atoms with Crippen molar-refractivity contribution in [2.75, 3.05) is 39.8 Å². The van der Waals surface area contributed by atoms with E-state index in [1.165, 1.54) is 0 Å². The third-order valence-electron chi connectivity index (χ3n) is 3.16. The summed E-state index contributed by atoms with van der Waals surface area (Å²) in [6, 6.07) is 3.86. The Balaban J connectivity index is 2.42. The zero-order chi connectivity index (χ0) is 15.2. The molecule has 1 aromatic carbocycles. The lowest BCUT2D eigenvalue weighted by atomic mass is 10.1. The Bertz CT molecular complexity index is 619. The van der Waals surface area contributed by atoms with Gasteiger partial charge in [-0.25, -0.2) is 4.98 Å². The molecule has 0 amide bonds. The fourth-order valence-corrected chi connectivity index (χ4v) is 2.68. The van der Waals surface area contributed by atoms with Gasteiger partial charge < -0.3 is 19.5 Å². The molecule has 1 heterocycles. The predicted molar refractivity (Wildman–Crippen MR) is 87.5 cm³/mol. The minimum Gasteiger partial charge on any atom is -0.493 e. The molecule has 0 bridgehead atoms. The summed E-state index contributed by atoms with van der Waals surface area (Å²) in [7, 11) is 4.96. The highest BCUT2D eigenvalue weighted by Crippen LogP contribution is 2.41. The molecule has 0 radical (unpaired) electrons. The molecular weight excluding hydrogens is 336 g/mol. The summed E-state index contributed by atoms with van der Waals surface area (Å²) in [5, 5.41) is 5.26. The Morgan fingerprint density at radius 3 is 2.67 bits per heavy atom. The first kappa shape index (κ1) is 15.9. The Morgan fingerprint density at radius 2 is 2.00 bits per heavy atom. The first-order chi connectivity index (χ1) is 10.2. The normalized spacial score (nSPS) is 10.7. The third-order valence-corrected chi connectivity index (χ3v) is 3.77. The van der Waals surface area contributed by atoms with Crippen LogP contribution >= 0.6 is 15.9 Å². The van der Waals surface area contributed by atoms with E-state index in [9.17, 15) is 0 Å². The summed E-state index contributed by atoms with van der Waals surface area (Å²) in [6.07, 6.45) is 2.69. The van der Waals surface area contributed by atoms with Crippen molar-refractivity contribution in [1.29, 1.82) is 0 Å². The molecule has 1 aromatic heterocycles. The fourth-order valence-electron chi connectivity index (χ4n) is 2.18. The molecule has 0 spiro atoms. The SMILES string of the molecule is COCCCNc1ncc(Br)c2c(OC)c(OC)ccc12. The molecule has 6 heteroatoms. The average Bonchev–Trinajstić information content (AvgIpc) is 2.52. The van der Waals surface area contributed by atoms with Crippen molar-refractivity contribution >= 4 is 32.5 Å². The highest BCUT2D eigenvalue weighted by molar-refractivity contribution is 9.10. The second kappa shape index (κ2) is 7.47. The second-order valence-corrected chi connectivity index (χ2v) is 5.31. The van der Waals surface area contributed by atoms with Crippen LogP contribution < -0.4 is 14.8 Å². The number of fused-ring (bicyclic) bond motifs is 1. The van der Waals surface area contributed by atoms with E-state index >= 15 is 0 Å². The quantitative estimate of drug-likeness (QED) is 0.771. The van der Waals surface area contributed by atoms with Crippen LogP contribution in [-0.2, 0) is 4.74 Å². The molecular formula is C15H19BrN2O3. The van der Waals surface area contributed by atoms with Crippen LogP contribution in [0.25, 0.3) is 10.8 Å². The summed E-state index contributed by atoms with van der Waals surface area (Å²) in [6.45, 7) is 1.52. The zero-order valence-electron chi connectivity index (χ0n) is 12.4. The van der Waals surface area contributed by atoms with Crippen molar-refractivity contribution < 1.29 is 14.2 Å². The van der Waals surface area contributed by atoms with Crippen molar-refractivity contribution in [3.05, 3.63) is 22.8 Å². The van der Waals surface area contributed by atoms with Crippen molar-refractivity contribution in [2.45, 2.75) is 6.42 Å². The number of hydrogen-bond acceptors (Lipinski definition) is 5. The van der Waals surface area contributed by atoms with Gasteiger partial charge in [-0.15, -0.1) is 0 Å². The highest BCUT2D eigenvalue weighted by Gasteiger charge is 2.15. The number of nitrogens with one attached hydrogen (secondary N) is 1. The van der Waals surface area contributed by atoms with Crippen molar-refractivity contribution in [3.63, 3.8) is 0 Å². The summed E-state index contributed by atoms with van der Waals surface area (Å²) >= 11 is 3.53. The average molecular weight is 355 g/mol. The molecule has 0 atom stereocenters. The maximum absolute atomic E-state index is 5.50. The number of benzene rings is 1. The second-order valence-electron chi connectivity index (χ2n) is 4.45. The number of pyridine rings is 1. The van der Waals surface area contributed by atoms with E-state index in [2.05, 4.69) is 26.2 Å². The summed E-state index contributed by atoms with van der Waals surface area (Å²) in [4.78, 5) is 4.44. The third kappa shape index (κ3) is 3.39. The van der Waals surface area contributed by atoms with E-state index in [1.54, 1.807) is 27.5 Å². The molecule has 114 valence electrons. The van der Waals surface area contributed by atoms with Crippen LogP contribution in [0.5, 0.6) is 11.5 Å². The molecule has 2 rings (SSSR count). The zero-order valence-corrected chi connectivity index (χ0v) is 14.0. The van der Waals surface area contributed by atoms with Gasteiger partial charge in [0.05, 0.1) is 14.2 Å². The molecule has 0 aliphatic carbocycles. The molecule has 0 aliphatic heterocycles. The minimum atomic E-state index is 0.697. The maximum Gasteiger partial charge on any atom is 0.169 e. The van der Waals surface area contributed by atoms with Crippen LogP contribution in [0.4, 0.5) is 5.82 Å². The van der Waals surface area contributed by atoms with Gasteiger partial charge in [0.15, 0.2) is 11.5 Å². The first-order valence-corrected chi connectivity index (χ1v) is 7.44. The van der Waals surface area contributed by atoms with Gasteiger partial charge in [-0.05, 0) is 34.5 Å². The van der Waals surface area contributed by atoms with Crippen LogP contribution in [0.3, 0.4) is 0 Å². The Labute approximate surface area is 132 Å². The first-order valence-electron chi connectivity index (χ1n) is 6.65. The van der Waals surface area contributed by atoms with Crippen LogP contribution in [-0.4, -0.2) is 39.5 Å². The Morgan fingerprint density at radius 1 is 1.19 bits per heavy atom. The molecule has 21 heavy (non-hydrogen) atoms. The van der Waals surface area contributed by atoms with Gasteiger partial charge >= 0.3 is 0 Å². The van der Waals surface area contributed by atoms with Gasteiger partial charge in [0.25, 0.3) is 0 Å². The lowest BCUT2D eigenvalue weighted by Gasteiger charge is -2.14. The largest absolute Gasteiger partial charge is 0.493 e. The topological polar surface area (TPSA) is 52.6 Å². The summed E-state index contributed by atoms with van der Waals surface area (Å²) < 4.78 is 16.8. The van der Waals surface area contributed by atoms with E-state index < -0.39 is 0 Å². The molecule has 2 aromatic rings. The minimum absolute atomic E-state index is 0.697. The molecule has 0 fully saturated rings. The number of nitrogens with zero attached hydrogens (tertiary/aromatic N) is 1. The highest BCUT2D eigenvalue weighted by atomic mass is 79.9. The Kier molecular flexibility index (Phi) is 5.64. The molecule has 0 saturated heterocycles. The molecule has 0 aliphatic rings. The van der Waals surface area contributed by atoms with E-state index in [-0.39, 0.29) is 0 Å². The lowest BCUT2D eigenvalue weighted by Crippen LogP contribution is -2.06. The molecule has 1 N–H and O–H groups in total. The Hall–Kier alpha value is -1.53. The van der Waals surface area contributed by atoms with Gasteiger partial charge in [-0.1, -0.05) is 0 Å². The number of rotatable bonds is 7. The summed E-state index contributed by atoms with van der Waals surface area (Å²) in [5.74, 6) is 2.22. The number of methoxy groups -OCH3 is 3. The number of anilines is 1. The van der Waals surface area contributed by atoms with Crippen LogP contribution in [0.15, 0.2) is 22.8 Å². The standard InChI is InChI=1S/C15H19BrN2O3/c1-19-8-4-7-17-15-10-5-6-12(20-2)14(21-3)13(10)11(16)9-18-15/h5-6,9H,4,7-8H2,1-3H3,(H,17,18).